The first-order chi connectivity index (χ1) is 9.52. The summed E-state index contributed by atoms with van der Waals surface area (Å²) in [7, 11) is 0. The quantitative estimate of drug-likeness (QED) is 0.613. The van der Waals surface area contributed by atoms with Crippen molar-refractivity contribution in [1.29, 1.82) is 0 Å². The maximum Gasteiger partial charge on any atom is 0.223 e. The number of anilines is 1. The van der Waals surface area contributed by atoms with E-state index in [1.54, 1.807) is 17.9 Å². The Hall–Kier alpha value is -1.13. The van der Waals surface area contributed by atoms with E-state index in [9.17, 15) is 9.59 Å². The molecule has 0 aliphatic carbocycles. The van der Waals surface area contributed by atoms with Crippen molar-refractivity contribution < 1.29 is 9.59 Å². The number of amides is 1. The van der Waals surface area contributed by atoms with Gasteiger partial charge in [0.15, 0.2) is 5.78 Å². The number of fused-ring (bicyclic) bond motifs is 1. The summed E-state index contributed by atoms with van der Waals surface area (Å²) in [5, 5.41) is 0. The van der Waals surface area contributed by atoms with Crippen LogP contribution in [0.3, 0.4) is 0 Å². The van der Waals surface area contributed by atoms with Gasteiger partial charge in [-0.1, -0.05) is 22.0 Å². The Morgan fingerprint density at radius 3 is 2.85 bits per heavy atom. The fraction of sp³-hybridized carbons (Fsp3) is 0.333. The fourth-order valence-electron chi connectivity index (χ4n) is 2.30. The van der Waals surface area contributed by atoms with E-state index in [1.165, 1.54) is 6.08 Å². The van der Waals surface area contributed by atoms with E-state index < -0.39 is 0 Å². The normalized spacial score (nSPS) is 14.4. The molecule has 1 aliphatic heterocycles. The Morgan fingerprint density at radius 1 is 1.45 bits per heavy atom. The van der Waals surface area contributed by atoms with Crippen LogP contribution in [0.2, 0.25) is 0 Å². The molecule has 0 saturated heterocycles. The summed E-state index contributed by atoms with van der Waals surface area (Å²) >= 11 is 8.98. The molecule has 0 bridgehead atoms. The zero-order valence-corrected chi connectivity index (χ0v) is 13.5. The molecular weight excluding hydrogens is 342 g/mol. The average molecular weight is 357 g/mol. The topological polar surface area (TPSA) is 37.4 Å². The van der Waals surface area contributed by atoms with Crippen molar-refractivity contribution in [2.24, 2.45) is 0 Å². The molecule has 0 fully saturated rings. The van der Waals surface area contributed by atoms with Gasteiger partial charge < -0.3 is 4.90 Å². The van der Waals surface area contributed by atoms with E-state index in [0.717, 1.165) is 40.7 Å². The molecule has 0 spiro atoms. The first kappa shape index (κ1) is 15.3. The van der Waals surface area contributed by atoms with Crippen LogP contribution in [0.25, 0.3) is 6.08 Å². The van der Waals surface area contributed by atoms with Gasteiger partial charge in [-0.2, -0.15) is 0 Å². The van der Waals surface area contributed by atoms with Crippen LogP contribution in [0.4, 0.5) is 5.69 Å². The minimum Gasteiger partial charge on any atom is -0.312 e. The lowest BCUT2D eigenvalue weighted by atomic mass is 9.99. The van der Waals surface area contributed by atoms with Crippen molar-refractivity contribution in [3.8, 4) is 0 Å². The zero-order chi connectivity index (χ0) is 14.7. The van der Waals surface area contributed by atoms with E-state index in [-0.39, 0.29) is 17.6 Å². The van der Waals surface area contributed by atoms with E-state index in [4.69, 9.17) is 11.6 Å². The summed E-state index contributed by atoms with van der Waals surface area (Å²) in [6.07, 6.45) is 5.11. The number of benzene rings is 1. The lowest BCUT2D eigenvalue weighted by Gasteiger charge is -2.29. The summed E-state index contributed by atoms with van der Waals surface area (Å²) in [5.41, 5.74) is 2.96. The Labute approximate surface area is 131 Å². The Morgan fingerprint density at radius 2 is 2.20 bits per heavy atom. The Bertz CT molecular complexity index is 583. The van der Waals surface area contributed by atoms with Gasteiger partial charge in [0, 0.05) is 23.6 Å². The van der Waals surface area contributed by atoms with E-state index in [0.29, 0.717) is 0 Å². The number of nitrogens with zero attached hydrogens (tertiary/aromatic N) is 1. The third-order valence-electron chi connectivity index (χ3n) is 3.28. The molecule has 1 aromatic carbocycles. The molecule has 1 amide bonds. The van der Waals surface area contributed by atoms with Crippen LogP contribution in [0.5, 0.6) is 0 Å². The molecule has 0 saturated carbocycles. The Balaban J connectivity index is 2.41. The van der Waals surface area contributed by atoms with E-state index in [2.05, 4.69) is 15.9 Å². The zero-order valence-electron chi connectivity index (χ0n) is 11.2. The molecule has 2 rings (SSSR count). The maximum atomic E-state index is 11.7. The van der Waals surface area contributed by atoms with Gasteiger partial charge in [0.2, 0.25) is 5.91 Å². The molecule has 5 heteroatoms. The van der Waals surface area contributed by atoms with Gasteiger partial charge in [-0.05, 0) is 42.2 Å². The van der Waals surface area contributed by atoms with Gasteiger partial charge in [-0.3, -0.25) is 9.59 Å². The van der Waals surface area contributed by atoms with Crippen molar-refractivity contribution >= 4 is 51.0 Å². The van der Waals surface area contributed by atoms with Crippen molar-refractivity contribution in [1.82, 2.24) is 0 Å². The van der Waals surface area contributed by atoms with Crippen molar-refractivity contribution in [2.75, 3.05) is 17.3 Å². The van der Waals surface area contributed by atoms with Gasteiger partial charge in [0.1, 0.15) is 0 Å². The highest BCUT2D eigenvalue weighted by atomic mass is 79.9. The number of aryl methyl sites for hydroxylation is 1. The second-order valence-electron chi connectivity index (χ2n) is 4.71. The lowest BCUT2D eigenvalue weighted by molar-refractivity contribution is -0.116. The molecule has 0 N–H and O–H groups in total. The molecule has 0 radical (unpaired) electrons. The number of ketones is 1. The van der Waals surface area contributed by atoms with Crippen LogP contribution in [0.15, 0.2) is 22.7 Å². The predicted octanol–water partition coefficient (Wildman–Crippen LogP) is 3.57. The smallest absolute Gasteiger partial charge is 0.223 e. The summed E-state index contributed by atoms with van der Waals surface area (Å²) in [6, 6.07) is 3.97. The lowest BCUT2D eigenvalue weighted by Crippen LogP contribution is -2.33. The number of carbonyl (C=O) groups is 2. The van der Waals surface area contributed by atoms with Crippen LogP contribution in [-0.2, 0) is 16.0 Å². The second-order valence-corrected chi connectivity index (χ2v) is 5.83. The standard InChI is InChI=1S/C15H15BrClNO2/c1-10(19)18-6-2-3-12-7-14(16)11(8-15(12)18)4-5-13(20)9-17/h4-5,7-8H,2-3,6,9H2,1H3. The minimum absolute atomic E-state index is 0.0291. The summed E-state index contributed by atoms with van der Waals surface area (Å²) in [6.45, 7) is 2.32. The highest BCUT2D eigenvalue weighted by Gasteiger charge is 2.21. The molecule has 0 atom stereocenters. The van der Waals surface area contributed by atoms with Gasteiger partial charge in [0.05, 0.1) is 5.88 Å². The summed E-state index contributed by atoms with van der Waals surface area (Å²) in [4.78, 5) is 24.7. The van der Waals surface area contributed by atoms with Crippen LogP contribution >= 0.6 is 27.5 Å². The van der Waals surface area contributed by atoms with E-state index >= 15 is 0 Å². The predicted molar refractivity (Wildman–Crippen MR) is 85.3 cm³/mol. The number of hydrogen-bond donors (Lipinski definition) is 0. The molecule has 1 aliphatic rings. The first-order valence-electron chi connectivity index (χ1n) is 6.40. The van der Waals surface area contributed by atoms with Gasteiger partial charge in [-0.15, -0.1) is 11.6 Å². The van der Waals surface area contributed by atoms with Crippen molar-refractivity contribution in [3.05, 3.63) is 33.8 Å². The molecule has 1 heterocycles. The molecular formula is C15H15BrClNO2. The molecule has 3 nitrogen and oxygen atoms in total. The number of carbonyl (C=O) groups excluding carboxylic acids is 2. The highest BCUT2D eigenvalue weighted by Crippen LogP contribution is 2.33. The molecule has 0 aromatic heterocycles. The number of allylic oxidation sites excluding steroid dienone is 1. The summed E-state index contributed by atoms with van der Waals surface area (Å²) in [5.74, 6) is -0.127. The third kappa shape index (κ3) is 3.30. The van der Waals surface area contributed by atoms with Crippen molar-refractivity contribution in [3.63, 3.8) is 0 Å². The monoisotopic (exact) mass is 355 g/mol. The van der Waals surface area contributed by atoms with Crippen LogP contribution < -0.4 is 4.90 Å². The van der Waals surface area contributed by atoms with Crippen LogP contribution in [0.1, 0.15) is 24.5 Å². The van der Waals surface area contributed by atoms with Gasteiger partial charge >= 0.3 is 0 Å². The third-order valence-corrected chi connectivity index (χ3v) is 4.23. The second kappa shape index (κ2) is 6.55. The highest BCUT2D eigenvalue weighted by molar-refractivity contribution is 9.10. The molecule has 1 aromatic rings. The first-order valence-corrected chi connectivity index (χ1v) is 7.73. The fourth-order valence-corrected chi connectivity index (χ4v) is 2.91. The number of alkyl halides is 1. The SMILES string of the molecule is CC(=O)N1CCCc2cc(Br)c(C=CC(=O)CCl)cc21. The minimum atomic E-state index is -0.139. The van der Waals surface area contributed by atoms with Crippen LogP contribution in [-0.4, -0.2) is 24.1 Å². The molecule has 20 heavy (non-hydrogen) atoms. The summed E-state index contributed by atoms with van der Waals surface area (Å²) < 4.78 is 0.917. The number of hydrogen-bond acceptors (Lipinski definition) is 2. The molecule has 106 valence electrons. The maximum absolute atomic E-state index is 11.7. The largest absolute Gasteiger partial charge is 0.312 e. The Kier molecular flexibility index (Phi) is 5.00. The number of halogens is 2. The van der Waals surface area contributed by atoms with Gasteiger partial charge in [-0.25, -0.2) is 0 Å². The molecule has 0 unspecified atom stereocenters. The van der Waals surface area contributed by atoms with Crippen molar-refractivity contribution in [2.45, 2.75) is 19.8 Å². The average Bonchev–Trinajstić information content (AvgIpc) is 2.43. The van der Waals surface area contributed by atoms with E-state index in [1.807, 2.05) is 12.1 Å². The van der Waals surface area contributed by atoms with Crippen LogP contribution in [0, 0.1) is 0 Å². The number of rotatable bonds is 3. The van der Waals surface area contributed by atoms with Gasteiger partial charge in [0.25, 0.3) is 0 Å².